The van der Waals surface area contributed by atoms with E-state index in [1.165, 1.54) is 12.2 Å². The summed E-state index contributed by atoms with van der Waals surface area (Å²) in [6, 6.07) is 0. The number of rotatable bonds is 2. The highest BCUT2D eigenvalue weighted by atomic mass is 16.2. The lowest BCUT2D eigenvalue weighted by atomic mass is 10.4. The van der Waals surface area contributed by atoms with Crippen LogP contribution in [0.2, 0.25) is 0 Å². The van der Waals surface area contributed by atoms with Crippen LogP contribution in [-0.4, -0.2) is 23.3 Å². The van der Waals surface area contributed by atoms with Crippen LogP contribution in [0.25, 0.3) is 0 Å². The minimum Gasteiger partial charge on any atom is -0.274 e. The van der Waals surface area contributed by atoms with Crippen LogP contribution in [0.3, 0.4) is 0 Å². The maximum Gasteiger partial charge on any atom is 0.253 e. The number of hydrogen-bond donors (Lipinski definition) is 0. The molecule has 11 heavy (non-hydrogen) atoms. The summed E-state index contributed by atoms with van der Waals surface area (Å²) in [7, 11) is 0. The average Bonchev–Trinajstić information content (AvgIpc) is 2.29. The molecule has 0 bridgehead atoms. The van der Waals surface area contributed by atoms with Gasteiger partial charge in [-0.25, -0.2) is 0 Å². The molecule has 1 aliphatic heterocycles. The second-order valence-electron chi connectivity index (χ2n) is 2.12. The summed E-state index contributed by atoms with van der Waals surface area (Å²) in [5.74, 6) is 1.82. The van der Waals surface area contributed by atoms with E-state index in [1.807, 2.05) is 0 Å². The lowest BCUT2D eigenvalue weighted by Crippen LogP contribution is -2.30. The molecular weight excluding hydrogens is 142 g/mol. The Labute approximate surface area is 64.7 Å². The Kier molecular flexibility index (Phi) is 2.07. The highest BCUT2D eigenvalue weighted by Gasteiger charge is 2.21. The van der Waals surface area contributed by atoms with Crippen LogP contribution >= 0.6 is 0 Å². The third-order valence-corrected chi connectivity index (χ3v) is 1.38. The predicted molar refractivity (Wildman–Crippen MR) is 39.3 cm³/mol. The summed E-state index contributed by atoms with van der Waals surface area (Å²) in [5.41, 5.74) is 0. The van der Waals surface area contributed by atoms with Crippen molar-refractivity contribution in [1.82, 2.24) is 4.90 Å². The molecule has 1 rings (SSSR count). The lowest BCUT2D eigenvalue weighted by molar-refractivity contribution is -0.136. The molecule has 0 atom stereocenters. The Bertz CT molecular complexity index is 242. The van der Waals surface area contributed by atoms with E-state index >= 15 is 0 Å². The predicted octanol–water partition coefficient (Wildman–Crippen LogP) is -0.0653. The molecule has 0 saturated carbocycles. The highest BCUT2D eigenvalue weighted by molar-refractivity contribution is 6.12. The SMILES string of the molecule is C#CCCN1C(=O)C=CC1=O. The molecular formula is C8H7NO2. The Morgan fingerprint density at radius 1 is 1.36 bits per heavy atom. The van der Waals surface area contributed by atoms with Crippen molar-refractivity contribution in [3.63, 3.8) is 0 Å². The molecule has 1 aliphatic rings. The topological polar surface area (TPSA) is 37.4 Å². The van der Waals surface area contributed by atoms with Crippen molar-refractivity contribution in [3.05, 3.63) is 12.2 Å². The molecule has 56 valence electrons. The van der Waals surface area contributed by atoms with E-state index in [-0.39, 0.29) is 11.8 Å². The smallest absolute Gasteiger partial charge is 0.253 e. The van der Waals surface area contributed by atoms with Crippen molar-refractivity contribution in [2.24, 2.45) is 0 Å². The zero-order valence-corrected chi connectivity index (χ0v) is 5.91. The van der Waals surface area contributed by atoms with Crippen molar-refractivity contribution >= 4 is 11.8 Å². The number of imide groups is 1. The van der Waals surface area contributed by atoms with E-state index in [0.717, 1.165) is 4.90 Å². The van der Waals surface area contributed by atoms with Crippen LogP contribution in [-0.2, 0) is 9.59 Å². The van der Waals surface area contributed by atoms with Gasteiger partial charge in [-0.3, -0.25) is 14.5 Å². The van der Waals surface area contributed by atoms with Crippen molar-refractivity contribution in [2.45, 2.75) is 6.42 Å². The van der Waals surface area contributed by atoms with E-state index in [9.17, 15) is 9.59 Å². The molecule has 0 aromatic carbocycles. The van der Waals surface area contributed by atoms with Gasteiger partial charge in [0, 0.05) is 25.1 Å². The molecule has 1 heterocycles. The highest BCUT2D eigenvalue weighted by Crippen LogP contribution is 2.03. The standard InChI is InChI=1S/C8H7NO2/c1-2-3-6-9-7(10)4-5-8(9)11/h1,4-5H,3,6H2. The second kappa shape index (κ2) is 3.02. The van der Waals surface area contributed by atoms with Crippen LogP contribution < -0.4 is 0 Å². The molecule has 0 aromatic heterocycles. The first-order valence-corrected chi connectivity index (χ1v) is 3.22. The van der Waals surface area contributed by atoms with Gasteiger partial charge < -0.3 is 0 Å². The summed E-state index contributed by atoms with van der Waals surface area (Å²) >= 11 is 0. The molecule has 2 amide bonds. The van der Waals surface area contributed by atoms with Gasteiger partial charge >= 0.3 is 0 Å². The van der Waals surface area contributed by atoms with Crippen molar-refractivity contribution in [3.8, 4) is 12.3 Å². The van der Waals surface area contributed by atoms with E-state index in [1.54, 1.807) is 0 Å². The summed E-state index contributed by atoms with van der Waals surface area (Å²) in [4.78, 5) is 22.8. The molecule has 3 nitrogen and oxygen atoms in total. The quantitative estimate of drug-likeness (QED) is 0.407. The van der Waals surface area contributed by atoms with Gasteiger partial charge in [0.15, 0.2) is 0 Å². The normalized spacial score (nSPS) is 15.7. The molecule has 0 spiro atoms. The molecule has 0 fully saturated rings. The van der Waals surface area contributed by atoms with Crippen molar-refractivity contribution in [2.75, 3.05) is 6.54 Å². The summed E-state index contributed by atoms with van der Waals surface area (Å²) in [5, 5.41) is 0. The molecule has 0 N–H and O–H groups in total. The van der Waals surface area contributed by atoms with Gasteiger partial charge in [0.2, 0.25) is 0 Å². The van der Waals surface area contributed by atoms with Gasteiger partial charge in [0.05, 0.1) is 0 Å². The fraction of sp³-hybridized carbons (Fsp3) is 0.250. The van der Waals surface area contributed by atoms with Crippen molar-refractivity contribution in [1.29, 1.82) is 0 Å². The first-order chi connectivity index (χ1) is 5.25. The monoisotopic (exact) mass is 149 g/mol. The third-order valence-electron chi connectivity index (χ3n) is 1.38. The largest absolute Gasteiger partial charge is 0.274 e. The van der Waals surface area contributed by atoms with E-state index in [2.05, 4.69) is 5.92 Å². The molecule has 0 aromatic rings. The van der Waals surface area contributed by atoms with E-state index in [4.69, 9.17) is 6.42 Å². The van der Waals surface area contributed by atoms with E-state index in [0.29, 0.717) is 13.0 Å². The van der Waals surface area contributed by atoms with Gasteiger partial charge in [-0.15, -0.1) is 12.3 Å². The number of hydrogen-bond acceptors (Lipinski definition) is 2. The minimum atomic E-state index is -0.273. The van der Waals surface area contributed by atoms with Crippen LogP contribution in [0.4, 0.5) is 0 Å². The first-order valence-electron chi connectivity index (χ1n) is 3.22. The Balaban J connectivity index is 2.54. The first kappa shape index (κ1) is 7.55. The fourth-order valence-corrected chi connectivity index (χ4v) is 0.828. The van der Waals surface area contributed by atoms with Gasteiger partial charge in [-0.1, -0.05) is 0 Å². The van der Waals surface area contributed by atoms with E-state index < -0.39 is 0 Å². The number of carbonyl (C=O) groups excluding carboxylic acids is 2. The Morgan fingerprint density at radius 3 is 2.36 bits per heavy atom. The Hall–Kier alpha value is -1.56. The summed E-state index contributed by atoms with van der Waals surface area (Å²) in [6.45, 7) is 0.321. The average molecular weight is 149 g/mol. The van der Waals surface area contributed by atoms with Gasteiger partial charge in [-0.05, 0) is 0 Å². The summed E-state index contributed by atoms with van der Waals surface area (Å²) in [6.07, 6.45) is 7.89. The van der Waals surface area contributed by atoms with Crippen LogP contribution in [0.5, 0.6) is 0 Å². The second-order valence-corrected chi connectivity index (χ2v) is 2.12. The number of carbonyl (C=O) groups is 2. The molecule has 3 heteroatoms. The van der Waals surface area contributed by atoms with Gasteiger partial charge in [-0.2, -0.15) is 0 Å². The zero-order valence-electron chi connectivity index (χ0n) is 5.91. The molecule has 0 saturated heterocycles. The van der Waals surface area contributed by atoms with Crippen LogP contribution in [0.1, 0.15) is 6.42 Å². The zero-order chi connectivity index (χ0) is 8.27. The lowest BCUT2D eigenvalue weighted by Gasteiger charge is -2.10. The number of terminal acetylenes is 1. The van der Waals surface area contributed by atoms with Crippen molar-refractivity contribution < 1.29 is 9.59 Å². The minimum absolute atomic E-state index is 0.273. The van der Waals surface area contributed by atoms with Crippen LogP contribution in [0.15, 0.2) is 12.2 Å². The number of amides is 2. The van der Waals surface area contributed by atoms with Gasteiger partial charge in [0.25, 0.3) is 11.8 Å². The maximum absolute atomic E-state index is 10.8. The third kappa shape index (κ3) is 1.47. The summed E-state index contributed by atoms with van der Waals surface area (Å²) < 4.78 is 0. The van der Waals surface area contributed by atoms with Gasteiger partial charge in [0.1, 0.15) is 0 Å². The molecule has 0 aliphatic carbocycles. The van der Waals surface area contributed by atoms with Crippen LogP contribution in [0, 0.1) is 12.3 Å². The number of nitrogens with zero attached hydrogens (tertiary/aromatic N) is 1. The molecule has 0 unspecified atom stereocenters. The Morgan fingerprint density at radius 2 is 1.91 bits per heavy atom. The maximum atomic E-state index is 10.8. The molecule has 0 radical (unpaired) electrons. The fourth-order valence-electron chi connectivity index (χ4n) is 0.828.